The summed E-state index contributed by atoms with van der Waals surface area (Å²) < 4.78 is 0. The lowest BCUT2D eigenvalue weighted by Crippen LogP contribution is -2.32. The fraction of sp³-hybridized carbons (Fsp3) is 0.227. The summed E-state index contributed by atoms with van der Waals surface area (Å²) in [6.45, 7) is 0. The van der Waals surface area contributed by atoms with E-state index in [-0.39, 0.29) is 23.6 Å². The summed E-state index contributed by atoms with van der Waals surface area (Å²) in [5, 5.41) is 9.54. The van der Waals surface area contributed by atoms with E-state index in [0.717, 1.165) is 12.0 Å². The van der Waals surface area contributed by atoms with Gasteiger partial charge < -0.3 is 10.0 Å². The summed E-state index contributed by atoms with van der Waals surface area (Å²) in [4.78, 5) is 16.8. The Kier molecular flexibility index (Phi) is 4.51. The molecule has 1 fully saturated rings. The van der Waals surface area contributed by atoms with Crippen molar-refractivity contribution in [3.8, 4) is 16.2 Å². The van der Waals surface area contributed by atoms with E-state index in [4.69, 9.17) is 0 Å². The Labute approximate surface area is 157 Å². The summed E-state index contributed by atoms with van der Waals surface area (Å²) in [7, 11) is 1.90. The number of amides is 1. The fourth-order valence-electron chi connectivity index (χ4n) is 3.72. The topological polar surface area (TPSA) is 40.5 Å². The van der Waals surface area contributed by atoms with Crippen LogP contribution < -0.4 is 0 Å². The van der Waals surface area contributed by atoms with Gasteiger partial charge >= 0.3 is 0 Å². The highest BCUT2D eigenvalue weighted by Gasteiger charge is 2.38. The van der Waals surface area contributed by atoms with E-state index >= 15 is 0 Å². The molecule has 1 N–H and O–H groups in total. The minimum Gasteiger partial charge on any atom is -0.508 e. The van der Waals surface area contributed by atoms with E-state index in [2.05, 4.69) is 36.4 Å². The Morgan fingerprint density at radius 3 is 2.50 bits per heavy atom. The third-order valence-electron chi connectivity index (χ3n) is 5.20. The highest BCUT2D eigenvalue weighted by Crippen LogP contribution is 2.38. The molecule has 3 nitrogen and oxygen atoms in total. The van der Waals surface area contributed by atoms with Crippen LogP contribution in [0.2, 0.25) is 0 Å². The van der Waals surface area contributed by atoms with Gasteiger partial charge in [0.2, 0.25) is 5.91 Å². The minimum atomic E-state index is 0.148. The summed E-state index contributed by atoms with van der Waals surface area (Å²) >= 11 is 1.80. The lowest BCUT2D eigenvalue weighted by molar-refractivity contribution is -0.127. The van der Waals surface area contributed by atoms with Crippen LogP contribution in [0.4, 0.5) is 0 Å². The number of thiophene rings is 1. The SMILES string of the molecule is CN1C(=O)CC(c2ccc(O)cc2)C1Cc1ccc(-c2ccccc2)s1. The van der Waals surface area contributed by atoms with Crippen molar-refractivity contribution in [2.45, 2.75) is 24.8 Å². The van der Waals surface area contributed by atoms with Crippen LogP contribution in [0.1, 0.15) is 22.8 Å². The molecule has 0 saturated carbocycles. The number of phenols is 1. The molecule has 2 unspecified atom stereocenters. The maximum Gasteiger partial charge on any atom is 0.223 e. The standard InChI is InChI=1S/C22H21NO2S/c1-23-20(19(14-22(23)25)15-7-9-17(24)10-8-15)13-18-11-12-21(26-18)16-5-3-2-4-6-16/h2-12,19-20,24H,13-14H2,1H3. The monoisotopic (exact) mass is 363 g/mol. The van der Waals surface area contributed by atoms with Crippen molar-refractivity contribution in [3.05, 3.63) is 77.2 Å². The van der Waals surface area contributed by atoms with Gasteiger partial charge in [-0.1, -0.05) is 42.5 Å². The number of likely N-dealkylation sites (N-methyl/N-ethyl adjacent to an activating group) is 1. The largest absolute Gasteiger partial charge is 0.508 e. The molecule has 0 radical (unpaired) electrons. The molecule has 1 amide bonds. The Balaban J connectivity index is 1.58. The minimum absolute atomic E-state index is 0.148. The Morgan fingerprint density at radius 2 is 1.77 bits per heavy atom. The van der Waals surface area contributed by atoms with Crippen LogP contribution >= 0.6 is 11.3 Å². The number of rotatable bonds is 4. The molecule has 1 aromatic heterocycles. The molecule has 4 rings (SSSR count). The Hall–Kier alpha value is -2.59. The number of aromatic hydroxyl groups is 1. The van der Waals surface area contributed by atoms with Gasteiger partial charge in [0.05, 0.1) is 0 Å². The van der Waals surface area contributed by atoms with Crippen LogP contribution in [-0.4, -0.2) is 29.0 Å². The molecule has 26 heavy (non-hydrogen) atoms. The second-order valence-corrected chi connectivity index (χ2v) is 7.98. The normalized spacial score (nSPS) is 19.9. The number of phenolic OH excluding ortho intramolecular Hbond substituents is 1. The molecule has 0 aliphatic carbocycles. The van der Waals surface area contributed by atoms with Gasteiger partial charge in [-0.05, 0) is 35.4 Å². The van der Waals surface area contributed by atoms with Crippen LogP contribution in [-0.2, 0) is 11.2 Å². The average molecular weight is 363 g/mol. The van der Waals surface area contributed by atoms with Crippen LogP contribution in [0.15, 0.2) is 66.7 Å². The molecule has 0 spiro atoms. The van der Waals surface area contributed by atoms with E-state index in [1.165, 1.54) is 15.3 Å². The number of hydrogen-bond acceptors (Lipinski definition) is 3. The molecule has 0 bridgehead atoms. The second-order valence-electron chi connectivity index (χ2n) is 6.81. The summed E-state index contributed by atoms with van der Waals surface area (Å²) in [6.07, 6.45) is 1.38. The summed E-state index contributed by atoms with van der Waals surface area (Å²) in [5.41, 5.74) is 2.35. The average Bonchev–Trinajstić information content (AvgIpc) is 3.24. The van der Waals surface area contributed by atoms with Crippen molar-refractivity contribution in [1.82, 2.24) is 4.90 Å². The van der Waals surface area contributed by atoms with Crippen molar-refractivity contribution in [2.24, 2.45) is 0 Å². The van der Waals surface area contributed by atoms with Gasteiger partial charge in [-0.2, -0.15) is 0 Å². The van der Waals surface area contributed by atoms with E-state index in [0.29, 0.717) is 6.42 Å². The van der Waals surface area contributed by atoms with Gasteiger partial charge in [0.15, 0.2) is 0 Å². The third kappa shape index (κ3) is 3.25. The fourth-order valence-corrected chi connectivity index (χ4v) is 4.78. The smallest absolute Gasteiger partial charge is 0.223 e. The van der Waals surface area contributed by atoms with Gasteiger partial charge in [0.1, 0.15) is 5.75 Å². The lowest BCUT2D eigenvalue weighted by atomic mass is 9.89. The second kappa shape index (κ2) is 6.96. The maximum atomic E-state index is 12.3. The van der Waals surface area contributed by atoms with Crippen molar-refractivity contribution in [2.75, 3.05) is 7.05 Å². The van der Waals surface area contributed by atoms with Gasteiger partial charge in [-0.25, -0.2) is 0 Å². The third-order valence-corrected chi connectivity index (χ3v) is 6.36. The van der Waals surface area contributed by atoms with Gasteiger partial charge in [-0.15, -0.1) is 11.3 Å². The highest BCUT2D eigenvalue weighted by atomic mass is 32.1. The molecule has 2 heterocycles. The molecule has 1 saturated heterocycles. The van der Waals surface area contributed by atoms with Crippen molar-refractivity contribution in [1.29, 1.82) is 0 Å². The number of hydrogen-bond donors (Lipinski definition) is 1. The van der Waals surface area contributed by atoms with Gasteiger partial charge in [0, 0.05) is 41.6 Å². The molecular weight excluding hydrogens is 342 g/mol. The molecule has 132 valence electrons. The van der Waals surface area contributed by atoms with Gasteiger partial charge in [0.25, 0.3) is 0 Å². The first kappa shape index (κ1) is 16.9. The van der Waals surface area contributed by atoms with E-state index in [1.54, 1.807) is 23.5 Å². The number of likely N-dealkylation sites (tertiary alicyclic amines) is 1. The number of carbonyl (C=O) groups excluding carboxylic acids is 1. The molecular formula is C22H21NO2S. The maximum absolute atomic E-state index is 12.3. The summed E-state index contributed by atoms with van der Waals surface area (Å²) in [6, 6.07) is 22.2. The highest BCUT2D eigenvalue weighted by molar-refractivity contribution is 7.15. The van der Waals surface area contributed by atoms with Crippen molar-refractivity contribution < 1.29 is 9.90 Å². The zero-order valence-electron chi connectivity index (χ0n) is 14.6. The molecule has 1 aliphatic heterocycles. The van der Waals surface area contributed by atoms with E-state index in [9.17, 15) is 9.90 Å². The van der Waals surface area contributed by atoms with E-state index < -0.39 is 0 Å². The lowest BCUT2D eigenvalue weighted by Gasteiger charge is -2.25. The predicted molar refractivity (Wildman–Crippen MR) is 105 cm³/mol. The first-order valence-electron chi connectivity index (χ1n) is 8.80. The molecule has 4 heteroatoms. The number of carbonyl (C=O) groups is 1. The first-order valence-corrected chi connectivity index (χ1v) is 9.62. The quantitative estimate of drug-likeness (QED) is 0.731. The van der Waals surface area contributed by atoms with Gasteiger partial charge in [-0.3, -0.25) is 4.79 Å². The first-order chi connectivity index (χ1) is 12.6. The van der Waals surface area contributed by atoms with Crippen LogP contribution in [0, 0.1) is 0 Å². The zero-order valence-corrected chi connectivity index (χ0v) is 15.4. The van der Waals surface area contributed by atoms with Crippen molar-refractivity contribution in [3.63, 3.8) is 0 Å². The predicted octanol–water partition coefficient (Wildman–Crippen LogP) is 4.68. The van der Waals surface area contributed by atoms with Crippen molar-refractivity contribution >= 4 is 17.2 Å². The summed E-state index contributed by atoms with van der Waals surface area (Å²) in [5.74, 6) is 0.608. The van der Waals surface area contributed by atoms with Crippen LogP contribution in [0.25, 0.3) is 10.4 Å². The molecule has 3 aromatic rings. The number of benzene rings is 2. The van der Waals surface area contributed by atoms with Crippen LogP contribution in [0.3, 0.4) is 0 Å². The zero-order chi connectivity index (χ0) is 18.1. The molecule has 2 aromatic carbocycles. The van der Waals surface area contributed by atoms with E-state index in [1.807, 2.05) is 30.1 Å². The Bertz CT molecular complexity index is 901. The number of nitrogens with zero attached hydrogens (tertiary/aromatic N) is 1. The van der Waals surface area contributed by atoms with Crippen LogP contribution in [0.5, 0.6) is 5.75 Å². The molecule has 2 atom stereocenters. The Morgan fingerprint density at radius 1 is 1.04 bits per heavy atom. The molecule has 1 aliphatic rings.